The van der Waals surface area contributed by atoms with Crippen molar-refractivity contribution < 1.29 is 5.11 Å². The molecule has 2 heterocycles. The first kappa shape index (κ1) is 11.5. The summed E-state index contributed by atoms with van der Waals surface area (Å²) in [6.45, 7) is 1.86. The Labute approximate surface area is 106 Å². The number of nitrogens with zero attached hydrogens (tertiary/aromatic N) is 4. The molecule has 0 radical (unpaired) electrons. The first-order valence-electron chi connectivity index (χ1n) is 6.54. The molecule has 0 bridgehead atoms. The van der Waals surface area contributed by atoms with Crippen LogP contribution in [0.4, 0.5) is 0 Å². The Morgan fingerprint density at radius 2 is 2.28 bits per heavy atom. The van der Waals surface area contributed by atoms with Crippen molar-refractivity contribution in [3.8, 4) is 0 Å². The van der Waals surface area contributed by atoms with Gasteiger partial charge in [0.1, 0.15) is 0 Å². The van der Waals surface area contributed by atoms with E-state index in [9.17, 15) is 5.11 Å². The van der Waals surface area contributed by atoms with Crippen molar-refractivity contribution in [2.75, 3.05) is 0 Å². The fraction of sp³-hybridized carbons (Fsp3) is 0.538. The predicted molar refractivity (Wildman–Crippen MR) is 67.0 cm³/mol. The van der Waals surface area contributed by atoms with E-state index in [4.69, 9.17) is 0 Å². The van der Waals surface area contributed by atoms with Crippen LogP contribution in [0, 0.1) is 0 Å². The zero-order valence-electron chi connectivity index (χ0n) is 10.4. The Hall–Kier alpha value is -1.62. The van der Waals surface area contributed by atoms with Crippen LogP contribution in [-0.2, 0) is 19.5 Å². The molecule has 0 saturated heterocycles. The summed E-state index contributed by atoms with van der Waals surface area (Å²) >= 11 is 0. The average molecular weight is 246 g/mol. The lowest BCUT2D eigenvalue weighted by Gasteiger charge is -2.20. The van der Waals surface area contributed by atoms with E-state index in [0.717, 1.165) is 44.3 Å². The smallest absolute Gasteiger partial charge is 0.0807 e. The normalized spacial score (nSPS) is 18.8. The summed E-state index contributed by atoms with van der Waals surface area (Å²) in [5, 5.41) is 17.7. The number of aliphatic hydroxyl groups excluding tert-OH is 1. The van der Waals surface area contributed by atoms with E-state index in [1.165, 1.54) is 5.69 Å². The highest BCUT2D eigenvalue weighted by atomic mass is 16.3. The van der Waals surface area contributed by atoms with Crippen molar-refractivity contribution in [3.05, 3.63) is 35.9 Å². The third-order valence-electron chi connectivity index (χ3n) is 3.62. The fourth-order valence-corrected chi connectivity index (χ4v) is 2.70. The van der Waals surface area contributed by atoms with Gasteiger partial charge in [0.15, 0.2) is 0 Å². The molecule has 1 unspecified atom stereocenters. The zero-order chi connectivity index (χ0) is 12.4. The molecule has 0 fully saturated rings. The Balaban J connectivity index is 1.63. The number of hydrogen-bond donors (Lipinski definition) is 1. The maximum absolute atomic E-state index is 9.91. The van der Waals surface area contributed by atoms with Crippen LogP contribution < -0.4 is 0 Å². The lowest BCUT2D eigenvalue weighted by atomic mass is 9.95. The Kier molecular flexibility index (Phi) is 3.15. The van der Waals surface area contributed by atoms with E-state index < -0.39 is 0 Å². The molecule has 1 aliphatic carbocycles. The minimum atomic E-state index is -0.259. The van der Waals surface area contributed by atoms with Gasteiger partial charge in [-0.25, -0.2) is 0 Å². The van der Waals surface area contributed by atoms with Crippen LogP contribution in [0.15, 0.2) is 24.7 Å². The molecule has 3 rings (SSSR count). The highest BCUT2D eigenvalue weighted by molar-refractivity contribution is 5.27. The van der Waals surface area contributed by atoms with Crippen molar-refractivity contribution in [1.29, 1.82) is 0 Å². The van der Waals surface area contributed by atoms with Crippen LogP contribution in [0.3, 0.4) is 0 Å². The zero-order valence-corrected chi connectivity index (χ0v) is 10.4. The maximum atomic E-state index is 9.91. The molecule has 0 amide bonds. The molecular weight excluding hydrogens is 228 g/mol. The fourth-order valence-electron chi connectivity index (χ4n) is 2.70. The summed E-state index contributed by atoms with van der Waals surface area (Å²) in [4.78, 5) is 0. The molecule has 0 saturated carbocycles. The van der Waals surface area contributed by atoms with Crippen LogP contribution in [0.5, 0.6) is 0 Å². The van der Waals surface area contributed by atoms with Crippen LogP contribution in [0.1, 0.15) is 36.6 Å². The van der Waals surface area contributed by atoms with Gasteiger partial charge in [-0.2, -0.15) is 0 Å². The van der Waals surface area contributed by atoms with Crippen LogP contribution >= 0.6 is 0 Å². The van der Waals surface area contributed by atoms with Gasteiger partial charge < -0.3 is 9.67 Å². The van der Waals surface area contributed by atoms with Crippen molar-refractivity contribution in [2.24, 2.45) is 0 Å². The van der Waals surface area contributed by atoms with E-state index >= 15 is 0 Å². The van der Waals surface area contributed by atoms with E-state index in [-0.39, 0.29) is 6.10 Å². The lowest BCUT2D eigenvalue weighted by molar-refractivity contribution is 0.155. The molecule has 0 aliphatic heterocycles. The first-order chi connectivity index (χ1) is 8.84. The van der Waals surface area contributed by atoms with Gasteiger partial charge in [0.2, 0.25) is 0 Å². The molecule has 2 aromatic heterocycles. The molecule has 5 heteroatoms. The highest BCUT2D eigenvalue weighted by Gasteiger charge is 2.20. The van der Waals surface area contributed by atoms with Gasteiger partial charge in [-0.3, -0.25) is 4.68 Å². The van der Waals surface area contributed by atoms with Crippen LogP contribution in [-0.4, -0.2) is 24.7 Å². The minimum absolute atomic E-state index is 0.259. The topological polar surface area (TPSA) is 55.9 Å². The monoisotopic (exact) mass is 246 g/mol. The average Bonchev–Trinajstić information content (AvgIpc) is 3.00. The quantitative estimate of drug-likeness (QED) is 0.890. The third kappa shape index (κ3) is 2.18. The lowest BCUT2D eigenvalue weighted by Crippen LogP contribution is -2.13. The number of aryl methyl sites for hydroxylation is 2. The number of hydrogen-bond acceptors (Lipinski definition) is 3. The maximum Gasteiger partial charge on any atom is 0.0807 e. The molecule has 1 N–H and O–H groups in total. The summed E-state index contributed by atoms with van der Waals surface area (Å²) < 4.78 is 4.12. The second-order valence-electron chi connectivity index (χ2n) is 4.84. The van der Waals surface area contributed by atoms with Gasteiger partial charge in [-0.15, -0.1) is 5.10 Å². The predicted octanol–water partition coefficient (Wildman–Crippen LogP) is 1.54. The molecule has 1 atom stereocenters. The minimum Gasteiger partial charge on any atom is -0.388 e. The molecule has 2 aromatic rings. The van der Waals surface area contributed by atoms with Crippen LogP contribution in [0.2, 0.25) is 0 Å². The van der Waals surface area contributed by atoms with Gasteiger partial charge in [0, 0.05) is 36.7 Å². The second-order valence-corrected chi connectivity index (χ2v) is 4.84. The summed E-state index contributed by atoms with van der Waals surface area (Å²) in [6, 6.07) is 2.06. The third-order valence-corrected chi connectivity index (χ3v) is 3.62. The molecule has 5 nitrogen and oxygen atoms in total. The van der Waals surface area contributed by atoms with Crippen molar-refractivity contribution >= 4 is 0 Å². The molecule has 0 spiro atoms. The van der Waals surface area contributed by atoms with E-state index in [1.54, 1.807) is 6.20 Å². The summed E-state index contributed by atoms with van der Waals surface area (Å²) in [5.74, 6) is 0. The van der Waals surface area contributed by atoms with Crippen LogP contribution in [0.25, 0.3) is 0 Å². The molecule has 1 aliphatic rings. The van der Waals surface area contributed by atoms with Gasteiger partial charge in [0.25, 0.3) is 0 Å². The number of aliphatic hydroxyl groups is 1. The Morgan fingerprint density at radius 3 is 3.11 bits per heavy atom. The second kappa shape index (κ2) is 4.94. The SMILES string of the molecule is OC1CCCc2c1ccn2CCCn1ccnn1. The number of aromatic nitrogens is 4. The Bertz CT molecular complexity index is 503. The highest BCUT2D eigenvalue weighted by Crippen LogP contribution is 2.30. The summed E-state index contributed by atoms with van der Waals surface area (Å²) in [7, 11) is 0. The van der Waals surface area contributed by atoms with Crippen molar-refractivity contribution in [3.63, 3.8) is 0 Å². The largest absolute Gasteiger partial charge is 0.388 e. The van der Waals surface area contributed by atoms with Gasteiger partial charge >= 0.3 is 0 Å². The first-order valence-corrected chi connectivity index (χ1v) is 6.54. The van der Waals surface area contributed by atoms with E-state index in [0.29, 0.717) is 0 Å². The summed E-state index contributed by atoms with van der Waals surface area (Å²) in [5.41, 5.74) is 2.44. The number of rotatable bonds is 4. The van der Waals surface area contributed by atoms with Gasteiger partial charge in [-0.1, -0.05) is 5.21 Å². The molecule has 0 aromatic carbocycles. The van der Waals surface area contributed by atoms with Crippen molar-refractivity contribution in [2.45, 2.75) is 44.9 Å². The summed E-state index contributed by atoms with van der Waals surface area (Å²) in [6.07, 6.45) is 9.52. The van der Waals surface area contributed by atoms with Crippen molar-refractivity contribution in [1.82, 2.24) is 19.6 Å². The van der Waals surface area contributed by atoms with E-state index in [1.807, 2.05) is 10.9 Å². The Morgan fingerprint density at radius 1 is 1.33 bits per heavy atom. The van der Waals surface area contributed by atoms with Gasteiger partial charge in [0.05, 0.1) is 12.3 Å². The number of fused-ring (bicyclic) bond motifs is 1. The van der Waals surface area contributed by atoms with Gasteiger partial charge in [-0.05, 0) is 31.7 Å². The standard InChI is InChI=1S/C13H18N4O/c18-13-4-1-3-12-11(13)5-9-16(12)7-2-8-17-10-6-14-15-17/h5-6,9-10,13,18H,1-4,7-8H2. The molecular formula is C13H18N4O. The molecule has 18 heavy (non-hydrogen) atoms. The molecule has 96 valence electrons. The van der Waals surface area contributed by atoms with E-state index in [2.05, 4.69) is 27.1 Å².